The monoisotopic (exact) mass is 383 g/mol. The summed E-state index contributed by atoms with van der Waals surface area (Å²) in [6, 6.07) is 10.5. The summed E-state index contributed by atoms with van der Waals surface area (Å²) in [5.41, 5.74) is 4.40. The van der Waals surface area contributed by atoms with E-state index in [0.29, 0.717) is 19.1 Å². The zero-order chi connectivity index (χ0) is 20.1. The Morgan fingerprint density at radius 1 is 1.21 bits per heavy atom. The van der Waals surface area contributed by atoms with Crippen LogP contribution in [-0.2, 0) is 11.3 Å². The number of aryl methyl sites for hydroxylation is 1. The second-order valence-electron chi connectivity index (χ2n) is 7.85. The highest BCUT2D eigenvalue weighted by Gasteiger charge is 2.21. The summed E-state index contributed by atoms with van der Waals surface area (Å²) >= 11 is 0. The number of hydrogen-bond donors (Lipinski definition) is 1. The number of para-hydroxylation sites is 1. The van der Waals surface area contributed by atoms with Crippen molar-refractivity contribution in [2.75, 3.05) is 33.2 Å². The van der Waals surface area contributed by atoms with Crippen LogP contribution in [0.5, 0.6) is 0 Å². The van der Waals surface area contributed by atoms with Crippen LogP contribution in [0, 0.1) is 13.8 Å². The maximum atomic E-state index is 12.5. The summed E-state index contributed by atoms with van der Waals surface area (Å²) in [7, 11) is 2.00. The van der Waals surface area contributed by atoms with Gasteiger partial charge < -0.3 is 10.2 Å². The van der Waals surface area contributed by atoms with E-state index in [1.54, 1.807) is 0 Å². The number of carbonyl (C=O) groups excluding carboxylic acids is 1. The van der Waals surface area contributed by atoms with Crippen LogP contribution in [0.2, 0.25) is 0 Å². The molecule has 6 nitrogen and oxygen atoms in total. The Kier molecular flexibility index (Phi) is 6.86. The zero-order valence-electron chi connectivity index (χ0n) is 17.6. The molecule has 1 saturated heterocycles. The molecular weight excluding hydrogens is 350 g/mol. The molecule has 28 heavy (non-hydrogen) atoms. The van der Waals surface area contributed by atoms with Crippen LogP contribution in [-0.4, -0.2) is 64.8 Å². The van der Waals surface area contributed by atoms with Crippen LogP contribution in [0.3, 0.4) is 0 Å². The SMILES string of the molecule is CCN1CCC(NC(=O)CN(C)Cc2c(C)nn(-c3ccccc3)c2C)CC1. The third kappa shape index (κ3) is 5.00. The number of piperidine rings is 1. The topological polar surface area (TPSA) is 53.4 Å². The minimum absolute atomic E-state index is 0.114. The van der Waals surface area contributed by atoms with Crippen molar-refractivity contribution in [3.8, 4) is 5.69 Å². The number of amides is 1. The minimum Gasteiger partial charge on any atom is -0.352 e. The highest BCUT2D eigenvalue weighted by molar-refractivity contribution is 5.78. The van der Waals surface area contributed by atoms with Crippen LogP contribution in [0.1, 0.15) is 36.7 Å². The summed E-state index contributed by atoms with van der Waals surface area (Å²) in [6.45, 7) is 10.7. The lowest BCUT2D eigenvalue weighted by Gasteiger charge is -2.31. The second kappa shape index (κ2) is 9.34. The van der Waals surface area contributed by atoms with Crippen molar-refractivity contribution in [1.29, 1.82) is 0 Å². The first kappa shape index (κ1) is 20.6. The predicted octanol–water partition coefficient (Wildman–Crippen LogP) is 2.52. The maximum absolute atomic E-state index is 12.5. The van der Waals surface area contributed by atoms with Gasteiger partial charge in [-0.1, -0.05) is 25.1 Å². The average molecular weight is 384 g/mol. The van der Waals surface area contributed by atoms with Crippen LogP contribution < -0.4 is 5.32 Å². The second-order valence-corrected chi connectivity index (χ2v) is 7.85. The van der Waals surface area contributed by atoms with E-state index in [2.05, 4.69) is 41.1 Å². The molecule has 0 unspecified atom stereocenters. The number of hydrogen-bond acceptors (Lipinski definition) is 4. The van der Waals surface area contributed by atoms with Gasteiger partial charge in [-0.2, -0.15) is 5.10 Å². The molecule has 0 aliphatic carbocycles. The molecule has 6 heteroatoms. The number of carbonyl (C=O) groups is 1. The molecule has 0 radical (unpaired) electrons. The third-order valence-electron chi connectivity index (χ3n) is 5.68. The number of likely N-dealkylation sites (tertiary alicyclic amines) is 1. The van der Waals surface area contributed by atoms with E-state index in [9.17, 15) is 4.79 Å². The lowest BCUT2D eigenvalue weighted by Crippen LogP contribution is -2.46. The highest BCUT2D eigenvalue weighted by Crippen LogP contribution is 2.19. The van der Waals surface area contributed by atoms with Crippen molar-refractivity contribution < 1.29 is 4.79 Å². The number of aromatic nitrogens is 2. The van der Waals surface area contributed by atoms with Gasteiger partial charge in [-0.15, -0.1) is 0 Å². The minimum atomic E-state index is 0.114. The van der Waals surface area contributed by atoms with Gasteiger partial charge in [0.05, 0.1) is 17.9 Å². The standard InChI is InChI=1S/C22H33N5O/c1-5-26-13-11-19(12-14-26)23-22(28)16-25(4)15-21-17(2)24-27(18(21)3)20-9-7-6-8-10-20/h6-10,19H,5,11-16H2,1-4H3,(H,23,28). The lowest BCUT2D eigenvalue weighted by atomic mass is 10.1. The van der Waals surface area contributed by atoms with Gasteiger partial charge in [-0.3, -0.25) is 9.69 Å². The quantitative estimate of drug-likeness (QED) is 0.798. The van der Waals surface area contributed by atoms with E-state index in [1.165, 1.54) is 5.56 Å². The molecule has 0 spiro atoms. The van der Waals surface area contributed by atoms with Crippen molar-refractivity contribution >= 4 is 5.91 Å². The Morgan fingerprint density at radius 3 is 2.54 bits per heavy atom. The van der Waals surface area contributed by atoms with E-state index >= 15 is 0 Å². The molecule has 1 N–H and O–H groups in total. The van der Waals surface area contributed by atoms with Crippen LogP contribution in [0.15, 0.2) is 30.3 Å². The predicted molar refractivity (Wildman–Crippen MR) is 113 cm³/mol. The first-order chi connectivity index (χ1) is 13.5. The van der Waals surface area contributed by atoms with Crippen LogP contribution in [0.25, 0.3) is 5.69 Å². The molecule has 1 fully saturated rings. The van der Waals surface area contributed by atoms with E-state index in [4.69, 9.17) is 5.10 Å². The average Bonchev–Trinajstić information content (AvgIpc) is 2.97. The summed E-state index contributed by atoms with van der Waals surface area (Å²) in [4.78, 5) is 17.0. The first-order valence-electron chi connectivity index (χ1n) is 10.3. The Hall–Kier alpha value is -2.18. The van der Waals surface area contributed by atoms with Crippen molar-refractivity contribution in [3.63, 3.8) is 0 Å². The molecule has 3 rings (SSSR count). The number of nitrogens with zero attached hydrogens (tertiary/aromatic N) is 4. The molecule has 2 aromatic rings. The molecule has 1 aromatic heterocycles. The molecular formula is C22H33N5O. The summed E-state index contributed by atoms with van der Waals surface area (Å²) < 4.78 is 1.99. The van der Waals surface area contributed by atoms with E-state index in [-0.39, 0.29) is 5.91 Å². The number of nitrogens with one attached hydrogen (secondary N) is 1. The summed E-state index contributed by atoms with van der Waals surface area (Å²) in [5.74, 6) is 0.114. The van der Waals surface area contributed by atoms with E-state index in [0.717, 1.165) is 49.6 Å². The van der Waals surface area contributed by atoms with Gasteiger partial charge in [0, 0.05) is 36.9 Å². The van der Waals surface area contributed by atoms with Gasteiger partial charge in [-0.05, 0) is 52.4 Å². The highest BCUT2D eigenvalue weighted by atomic mass is 16.2. The Balaban J connectivity index is 1.55. The lowest BCUT2D eigenvalue weighted by molar-refractivity contribution is -0.123. The molecule has 0 atom stereocenters. The van der Waals surface area contributed by atoms with Gasteiger partial charge in [-0.25, -0.2) is 4.68 Å². The molecule has 1 aliphatic rings. The summed E-state index contributed by atoms with van der Waals surface area (Å²) in [6.07, 6.45) is 2.09. The number of rotatable bonds is 7. The molecule has 1 amide bonds. The maximum Gasteiger partial charge on any atom is 0.234 e. The molecule has 152 valence electrons. The van der Waals surface area contributed by atoms with Gasteiger partial charge in [0.25, 0.3) is 0 Å². The Morgan fingerprint density at radius 2 is 1.89 bits per heavy atom. The van der Waals surface area contributed by atoms with Crippen molar-refractivity contribution in [3.05, 3.63) is 47.3 Å². The molecule has 0 bridgehead atoms. The van der Waals surface area contributed by atoms with E-state index < -0.39 is 0 Å². The molecule has 1 aliphatic heterocycles. The van der Waals surface area contributed by atoms with Gasteiger partial charge in [0.2, 0.25) is 5.91 Å². The largest absolute Gasteiger partial charge is 0.352 e. The molecule has 2 heterocycles. The fourth-order valence-electron chi connectivity index (χ4n) is 3.96. The molecule has 0 saturated carbocycles. The normalized spacial score (nSPS) is 15.9. The smallest absolute Gasteiger partial charge is 0.234 e. The van der Waals surface area contributed by atoms with Gasteiger partial charge >= 0.3 is 0 Å². The van der Waals surface area contributed by atoms with E-state index in [1.807, 2.05) is 36.9 Å². The summed E-state index contributed by atoms with van der Waals surface area (Å²) in [5, 5.41) is 7.92. The first-order valence-corrected chi connectivity index (χ1v) is 10.3. The van der Waals surface area contributed by atoms with Gasteiger partial charge in [0.1, 0.15) is 0 Å². The van der Waals surface area contributed by atoms with Crippen LogP contribution >= 0.6 is 0 Å². The van der Waals surface area contributed by atoms with Crippen molar-refractivity contribution in [2.24, 2.45) is 0 Å². The molecule has 1 aromatic carbocycles. The number of likely N-dealkylation sites (N-methyl/N-ethyl adjacent to an activating group) is 1. The fourth-order valence-corrected chi connectivity index (χ4v) is 3.96. The Labute approximate surface area is 168 Å². The van der Waals surface area contributed by atoms with Gasteiger partial charge in [0.15, 0.2) is 0 Å². The third-order valence-corrected chi connectivity index (χ3v) is 5.68. The Bertz CT molecular complexity index is 778. The van der Waals surface area contributed by atoms with Crippen LogP contribution in [0.4, 0.5) is 0 Å². The zero-order valence-corrected chi connectivity index (χ0v) is 17.6. The van der Waals surface area contributed by atoms with Crippen molar-refractivity contribution in [1.82, 2.24) is 24.9 Å². The van der Waals surface area contributed by atoms with Crippen molar-refractivity contribution in [2.45, 2.75) is 46.2 Å². The number of benzene rings is 1. The fraction of sp³-hybridized carbons (Fsp3) is 0.545.